The summed E-state index contributed by atoms with van der Waals surface area (Å²) in [5.41, 5.74) is 0.896. The molecule has 1 heterocycles. The third-order valence-corrected chi connectivity index (χ3v) is 8.24. The molecule has 0 radical (unpaired) electrons. The predicted molar refractivity (Wildman–Crippen MR) is 134 cm³/mol. The molecule has 190 valence electrons. The lowest BCUT2D eigenvalue weighted by Crippen LogP contribution is -2.66. The Hall–Kier alpha value is -1.68. The fraction of sp³-hybridized carbons (Fsp3) is 0.667. The molecular formula is C24H37ClN4O4S. The van der Waals surface area contributed by atoms with Crippen molar-refractivity contribution in [2.24, 2.45) is 0 Å². The Bertz CT molecular complexity index is 942. The van der Waals surface area contributed by atoms with E-state index in [1.807, 2.05) is 31.1 Å². The van der Waals surface area contributed by atoms with E-state index in [1.165, 1.54) is 6.26 Å². The number of likely N-dealkylation sites (tertiary alicyclic amines) is 1. The molecule has 3 rings (SSSR count). The van der Waals surface area contributed by atoms with Gasteiger partial charge in [0.1, 0.15) is 6.04 Å². The second-order valence-electron chi connectivity index (χ2n) is 9.79. The third kappa shape index (κ3) is 7.41. The van der Waals surface area contributed by atoms with Crippen molar-refractivity contribution in [3.8, 4) is 0 Å². The van der Waals surface area contributed by atoms with Gasteiger partial charge in [-0.25, -0.2) is 8.42 Å². The van der Waals surface area contributed by atoms with Crippen LogP contribution in [0.4, 0.5) is 0 Å². The monoisotopic (exact) mass is 512 g/mol. The van der Waals surface area contributed by atoms with Gasteiger partial charge in [0, 0.05) is 43.5 Å². The number of hydrogen-bond donors (Lipinski definition) is 1. The highest BCUT2D eigenvalue weighted by Gasteiger charge is 2.43. The number of nitrogens with zero attached hydrogens (tertiary/aromatic N) is 3. The molecule has 1 aromatic carbocycles. The molecule has 10 heteroatoms. The van der Waals surface area contributed by atoms with Crippen LogP contribution in [0.5, 0.6) is 0 Å². The Morgan fingerprint density at radius 1 is 1.09 bits per heavy atom. The summed E-state index contributed by atoms with van der Waals surface area (Å²) in [6.45, 7) is 1.30. The minimum absolute atomic E-state index is 0.0154. The van der Waals surface area contributed by atoms with Crippen LogP contribution in [0.2, 0.25) is 5.02 Å². The Balaban J connectivity index is 1.67. The number of sulfonamides is 1. The molecule has 8 nitrogen and oxygen atoms in total. The standard InChI is InChI=1S/C24H37ClN4O4S/c1-27(2)14-13-23(30)26-22(15-18-9-11-19(25)12-10-18)24(31)28-16-21(17-28)29(34(3,32)33)20-7-5-4-6-8-20/h9-12,20-22H,4-8,13-17H2,1-3H3,(H,26,30)/t22-/m1/s1. The van der Waals surface area contributed by atoms with Crippen molar-refractivity contribution in [1.29, 1.82) is 0 Å². The van der Waals surface area contributed by atoms with E-state index in [9.17, 15) is 18.0 Å². The van der Waals surface area contributed by atoms with E-state index in [2.05, 4.69) is 5.32 Å². The molecule has 2 aliphatic rings. The van der Waals surface area contributed by atoms with E-state index < -0.39 is 16.1 Å². The largest absolute Gasteiger partial charge is 0.344 e. The lowest BCUT2D eigenvalue weighted by atomic mass is 9.93. The van der Waals surface area contributed by atoms with E-state index >= 15 is 0 Å². The maximum Gasteiger partial charge on any atom is 0.245 e. The molecule has 1 aliphatic carbocycles. The molecule has 0 spiro atoms. The molecule has 1 aliphatic heterocycles. The number of carbonyl (C=O) groups excluding carboxylic acids is 2. The van der Waals surface area contributed by atoms with Crippen LogP contribution in [0.3, 0.4) is 0 Å². The van der Waals surface area contributed by atoms with Gasteiger partial charge >= 0.3 is 0 Å². The van der Waals surface area contributed by atoms with Gasteiger partial charge in [-0.15, -0.1) is 0 Å². The number of hydrogen-bond acceptors (Lipinski definition) is 5. The van der Waals surface area contributed by atoms with Crippen molar-refractivity contribution in [1.82, 2.24) is 19.4 Å². The summed E-state index contributed by atoms with van der Waals surface area (Å²) in [7, 11) is 0.412. The molecule has 1 atom stereocenters. The average Bonchev–Trinajstić information content (AvgIpc) is 2.74. The third-order valence-electron chi connectivity index (χ3n) is 6.62. The van der Waals surface area contributed by atoms with Crippen LogP contribution < -0.4 is 5.32 Å². The van der Waals surface area contributed by atoms with Crippen molar-refractivity contribution in [3.63, 3.8) is 0 Å². The van der Waals surface area contributed by atoms with Gasteiger partial charge in [-0.05, 0) is 44.6 Å². The highest BCUT2D eigenvalue weighted by Crippen LogP contribution is 2.30. The second-order valence-corrected chi connectivity index (χ2v) is 12.1. The van der Waals surface area contributed by atoms with Gasteiger partial charge in [-0.2, -0.15) is 4.31 Å². The number of benzene rings is 1. The van der Waals surface area contributed by atoms with Crippen LogP contribution in [-0.2, 0) is 26.0 Å². The maximum absolute atomic E-state index is 13.4. The molecule has 1 aromatic rings. The second kappa shape index (κ2) is 11.8. The fourth-order valence-electron chi connectivity index (χ4n) is 4.84. The summed E-state index contributed by atoms with van der Waals surface area (Å²) in [5.74, 6) is -0.362. The van der Waals surface area contributed by atoms with Crippen LogP contribution in [0, 0.1) is 0 Å². The van der Waals surface area contributed by atoms with Crippen LogP contribution in [0.15, 0.2) is 24.3 Å². The van der Waals surface area contributed by atoms with Crippen LogP contribution >= 0.6 is 11.6 Å². The summed E-state index contributed by atoms with van der Waals surface area (Å²) in [6.07, 6.45) is 6.87. The molecule has 1 N–H and O–H groups in total. The zero-order valence-corrected chi connectivity index (χ0v) is 21.9. The van der Waals surface area contributed by atoms with E-state index in [-0.39, 0.29) is 23.9 Å². The fourth-order valence-corrected chi connectivity index (χ4v) is 6.39. The molecule has 34 heavy (non-hydrogen) atoms. The minimum Gasteiger partial charge on any atom is -0.344 e. The minimum atomic E-state index is -3.37. The summed E-state index contributed by atoms with van der Waals surface area (Å²) in [6, 6.07) is 6.33. The summed E-state index contributed by atoms with van der Waals surface area (Å²) in [4.78, 5) is 29.5. The molecule has 0 unspecified atom stereocenters. The molecule has 1 saturated carbocycles. The van der Waals surface area contributed by atoms with Crippen LogP contribution in [0.25, 0.3) is 0 Å². The van der Waals surface area contributed by atoms with Crippen molar-refractivity contribution >= 4 is 33.4 Å². The van der Waals surface area contributed by atoms with Crippen molar-refractivity contribution in [2.75, 3.05) is 40.0 Å². The number of halogens is 1. The van der Waals surface area contributed by atoms with Crippen molar-refractivity contribution in [3.05, 3.63) is 34.9 Å². The van der Waals surface area contributed by atoms with E-state index in [0.29, 0.717) is 37.5 Å². The summed E-state index contributed by atoms with van der Waals surface area (Å²) >= 11 is 5.99. The van der Waals surface area contributed by atoms with Crippen LogP contribution in [0.1, 0.15) is 44.1 Å². The zero-order valence-electron chi connectivity index (χ0n) is 20.4. The van der Waals surface area contributed by atoms with E-state index in [0.717, 1.165) is 37.7 Å². The highest BCUT2D eigenvalue weighted by molar-refractivity contribution is 7.88. The quantitative estimate of drug-likeness (QED) is 0.518. The predicted octanol–water partition coefficient (Wildman–Crippen LogP) is 2.12. The Morgan fingerprint density at radius 2 is 1.71 bits per heavy atom. The topological polar surface area (TPSA) is 90.0 Å². The number of rotatable bonds is 10. The van der Waals surface area contributed by atoms with Gasteiger partial charge in [0.15, 0.2) is 0 Å². The molecule has 1 saturated heterocycles. The van der Waals surface area contributed by atoms with Gasteiger partial charge in [0.05, 0.1) is 12.3 Å². The molecule has 0 aromatic heterocycles. The van der Waals surface area contributed by atoms with Crippen molar-refractivity contribution < 1.29 is 18.0 Å². The van der Waals surface area contributed by atoms with Gasteiger partial charge in [0.2, 0.25) is 21.8 Å². The first-order valence-corrected chi connectivity index (χ1v) is 14.2. The van der Waals surface area contributed by atoms with E-state index in [4.69, 9.17) is 11.6 Å². The first kappa shape index (κ1) is 26.9. The van der Waals surface area contributed by atoms with Gasteiger partial charge in [0.25, 0.3) is 0 Å². The lowest BCUT2D eigenvalue weighted by molar-refractivity contribution is -0.142. The normalized spacial score (nSPS) is 18.7. The van der Waals surface area contributed by atoms with E-state index in [1.54, 1.807) is 21.3 Å². The summed E-state index contributed by atoms with van der Waals surface area (Å²) in [5, 5.41) is 3.51. The number of nitrogens with one attached hydrogen (secondary N) is 1. The SMILES string of the molecule is CN(C)CCC(=O)N[C@H](Cc1ccc(Cl)cc1)C(=O)N1CC(N(C2CCCCC2)S(C)(=O)=O)C1. The zero-order chi connectivity index (χ0) is 24.9. The Morgan fingerprint density at radius 3 is 2.26 bits per heavy atom. The number of amides is 2. The first-order chi connectivity index (χ1) is 16.0. The molecule has 2 amide bonds. The van der Waals surface area contributed by atoms with Crippen LogP contribution in [-0.4, -0.2) is 92.4 Å². The summed E-state index contributed by atoms with van der Waals surface area (Å²) < 4.78 is 26.8. The van der Waals surface area contributed by atoms with Gasteiger partial charge in [-0.3, -0.25) is 9.59 Å². The molecule has 0 bridgehead atoms. The first-order valence-electron chi connectivity index (χ1n) is 12.0. The number of carbonyl (C=O) groups is 2. The molecule has 2 fully saturated rings. The van der Waals surface area contributed by atoms with Gasteiger partial charge in [-0.1, -0.05) is 43.0 Å². The van der Waals surface area contributed by atoms with Gasteiger partial charge < -0.3 is 15.1 Å². The maximum atomic E-state index is 13.4. The Kier molecular flexibility index (Phi) is 9.37. The Labute approximate surface area is 208 Å². The molecular weight excluding hydrogens is 476 g/mol. The lowest BCUT2D eigenvalue weighted by Gasteiger charge is -2.48. The smallest absolute Gasteiger partial charge is 0.245 e. The highest BCUT2D eigenvalue weighted by atomic mass is 35.5. The van der Waals surface area contributed by atoms with Crippen molar-refractivity contribution in [2.45, 2.75) is 63.1 Å². The average molecular weight is 513 g/mol.